The number of pyridine rings is 1. The molecule has 0 aromatic carbocycles. The highest BCUT2D eigenvalue weighted by atomic mass is 32.2. The summed E-state index contributed by atoms with van der Waals surface area (Å²) in [6, 6.07) is 3.75. The third-order valence-corrected chi connectivity index (χ3v) is 2.17. The van der Waals surface area contributed by atoms with E-state index < -0.39 is 6.61 Å². The third-order valence-electron chi connectivity index (χ3n) is 1.32. The van der Waals surface area contributed by atoms with Gasteiger partial charge in [-0.25, -0.2) is 0 Å². The molecule has 5 heteroatoms. The highest BCUT2D eigenvalue weighted by Crippen LogP contribution is 2.06. The molecule has 0 radical (unpaired) electrons. The maximum Gasteiger partial charge on any atom is 0.255 e. The predicted molar refractivity (Wildman–Crippen MR) is 50.8 cm³/mol. The molecule has 13 heavy (non-hydrogen) atoms. The summed E-state index contributed by atoms with van der Waals surface area (Å²) in [6.07, 6.45) is 3.40. The molecule has 0 aliphatic rings. The molecule has 0 aliphatic heterocycles. The summed E-state index contributed by atoms with van der Waals surface area (Å²) >= 11 is 1.25. The van der Waals surface area contributed by atoms with Gasteiger partial charge in [-0.05, 0) is 29.6 Å². The van der Waals surface area contributed by atoms with Crippen molar-refractivity contribution < 1.29 is 9.90 Å². The molecule has 0 fully saturated rings. The molecule has 0 saturated carbocycles. The van der Waals surface area contributed by atoms with Crippen LogP contribution in [0.1, 0.15) is 5.56 Å². The van der Waals surface area contributed by atoms with Crippen LogP contribution in [-0.4, -0.2) is 22.6 Å². The van der Waals surface area contributed by atoms with Gasteiger partial charge in [0.25, 0.3) is 5.91 Å². The van der Waals surface area contributed by atoms with Crippen molar-refractivity contribution in [3.05, 3.63) is 30.1 Å². The van der Waals surface area contributed by atoms with E-state index in [1.165, 1.54) is 11.9 Å². The summed E-state index contributed by atoms with van der Waals surface area (Å²) in [5, 5.41) is 8.40. The lowest BCUT2D eigenvalue weighted by Gasteiger charge is -2.01. The number of aliphatic hydroxyl groups is 1. The van der Waals surface area contributed by atoms with Crippen LogP contribution in [0.25, 0.3) is 0 Å². The largest absolute Gasteiger partial charge is 0.387 e. The maximum absolute atomic E-state index is 10.6. The van der Waals surface area contributed by atoms with Crippen LogP contribution in [0.2, 0.25) is 0 Å². The summed E-state index contributed by atoms with van der Waals surface area (Å²) < 4.78 is 2.49. The van der Waals surface area contributed by atoms with Crippen LogP contribution in [0, 0.1) is 0 Å². The van der Waals surface area contributed by atoms with Crippen LogP contribution < -0.4 is 4.72 Å². The number of nitrogens with one attached hydrogen (secondary N) is 1. The minimum absolute atomic E-state index is 0.376. The van der Waals surface area contributed by atoms with Crippen LogP contribution >= 0.6 is 11.9 Å². The summed E-state index contributed by atoms with van der Waals surface area (Å²) in [6.45, 7) is -0.469. The van der Waals surface area contributed by atoms with Crippen LogP contribution in [0.5, 0.6) is 0 Å². The second-order valence-corrected chi connectivity index (χ2v) is 3.11. The third kappa shape index (κ3) is 3.91. The van der Waals surface area contributed by atoms with E-state index >= 15 is 0 Å². The number of nitrogens with zero attached hydrogens (tertiary/aromatic N) is 1. The Kier molecular flexibility index (Phi) is 4.28. The predicted octanol–water partition coefficient (Wildman–Crippen LogP) is 0.338. The lowest BCUT2D eigenvalue weighted by atomic mass is 10.3. The summed E-state index contributed by atoms with van der Waals surface area (Å²) in [5.74, 6) is 0.299. The van der Waals surface area contributed by atoms with E-state index in [0.29, 0.717) is 5.75 Å². The Morgan fingerprint density at radius 2 is 2.23 bits per heavy atom. The zero-order valence-corrected chi connectivity index (χ0v) is 7.75. The molecule has 0 spiro atoms. The van der Waals surface area contributed by atoms with E-state index in [1.54, 1.807) is 12.4 Å². The van der Waals surface area contributed by atoms with Gasteiger partial charge in [0.05, 0.1) is 0 Å². The topological polar surface area (TPSA) is 62.2 Å². The molecule has 1 amide bonds. The first-order valence-electron chi connectivity index (χ1n) is 3.73. The van der Waals surface area contributed by atoms with Crippen molar-refractivity contribution in [2.24, 2.45) is 0 Å². The lowest BCUT2D eigenvalue weighted by molar-refractivity contribution is -0.121. The van der Waals surface area contributed by atoms with Crippen molar-refractivity contribution in [1.29, 1.82) is 0 Å². The zero-order chi connectivity index (χ0) is 9.52. The summed E-state index contributed by atoms with van der Waals surface area (Å²) in [7, 11) is 0. The number of aromatic nitrogens is 1. The molecule has 0 unspecified atom stereocenters. The smallest absolute Gasteiger partial charge is 0.255 e. The molecule has 0 bridgehead atoms. The average Bonchev–Trinajstić information content (AvgIpc) is 2.19. The molecule has 70 valence electrons. The second-order valence-electron chi connectivity index (χ2n) is 2.33. The van der Waals surface area contributed by atoms with Gasteiger partial charge in [0, 0.05) is 18.1 Å². The quantitative estimate of drug-likeness (QED) is 0.685. The van der Waals surface area contributed by atoms with E-state index in [-0.39, 0.29) is 5.91 Å². The molecule has 1 aromatic heterocycles. The maximum atomic E-state index is 10.6. The Balaban J connectivity index is 2.24. The fourth-order valence-electron chi connectivity index (χ4n) is 0.711. The van der Waals surface area contributed by atoms with Crippen LogP contribution in [0.15, 0.2) is 24.5 Å². The number of hydrogen-bond acceptors (Lipinski definition) is 4. The van der Waals surface area contributed by atoms with E-state index in [9.17, 15) is 4.79 Å². The molecular weight excluding hydrogens is 188 g/mol. The molecule has 0 saturated heterocycles. The monoisotopic (exact) mass is 198 g/mol. The van der Waals surface area contributed by atoms with Gasteiger partial charge in [0.1, 0.15) is 6.61 Å². The molecule has 1 rings (SSSR count). The highest BCUT2D eigenvalue weighted by molar-refractivity contribution is 7.97. The fraction of sp³-hybridized carbons (Fsp3) is 0.250. The Morgan fingerprint density at radius 3 is 2.85 bits per heavy atom. The first-order valence-corrected chi connectivity index (χ1v) is 4.72. The van der Waals surface area contributed by atoms with Gasteiger partial charge >= 0.3 is 0 Å². The van der Waals surface area contributed by atoms with Crippen LogP contribution in [0.3, 0.4) is 0 Å². The van der Waals surface area contributed by atoms with Gasteiger partial charge in [-0.1, -0.05) is 0 Å². The van der Waals surface area contributed by atoms with Crippen molar-refractivity contribution in [3.63, 3.8) is 0 Å². The number of aliphatic hydroxyl groups excluding tert-OH is 1. The van der Waals surface area contributed by atoms with E-state index in [0.717, 1.165) is 5.56 Å². The Hall–Kier alpha value is -1.07. The highest BCUT2D eigenvalue weighted by Gasteiger charge is 1.97. The van der Waals surface area contributed by atoms with Gasteiger partial charge in [-0.3, -0.25) is 14.5 Å². The Bertz CT molecular complexity index is 266. The number of hydrogen-bond donors (Lipinski definition) is 2. The number of carbonyl (C=O) groups is 1. The summed E-state index contributed by atoms with van der Waals surface area (Å²) in [4.78, 5) is 14.5. The van der Waals surface area contributed by atoms with Gasteiger partial charge < -0.3 is 5.11 Å². The minimum atomic E-state index is -0.469. The number of carbonyl (C=O) groups excluding carboxylic acids is 1. The van der Waals surface area contributed by atoms with Crippen molar-refractivity contribution >= 4 is 17.9 Å². The van der Waals surface area contributed by atoms with Crippen molar-refractivity contribution in [2.75, 3.05) is 6.61 Å². The second kappa shape index (κ2) is 5.55. The van der Waals surface area contributed by atoms with Gasteiger partial charge in [-0.15, -0.1) is 0 Å². The normalized spacial score (nSPS) is 9.62. The van der Waals surface area contributed by atoms with E-state index in [1.807, 2.05) is 12.1 Å². The van der Waals surface area contributed by atoms with Crippen molar-refractivity contribution in [2.45, 2.75) is 5.75 Å². The Morgan fingerprint density at radius 1 is 1.54 bits per heavy atom. The van der Waals surface area contributed by atoms with Crippen LogP contribution in [-0.2, 0) is 10.5 Å². The van der Waals surface area contributed by atoms with Crippen molar-refractivity contribution in [3.8, 4) is 0 Å². The van der Waals surface area contributed by atoms with Crippen molar-refractivity contribution in [1.82, 2.24) is 9.71 Å². The van der Waals surface area contributed by atoms with E-state index in [2.05, 4.69) is 9.71 Å². The number of amides is 1. The SMILES string of the molecule is O=C(CO)NSCc1ccncc1. The molecule has 0 atom stereocenters. The summed E-state index contributed by atoms with van der Waals surface area (Å²) in [5.41, 5.74) is 1.08. The first kappa shape index (κ1) is 10.0. The first-order chi connectivity index (χ1) is 6.33. The Labute approximate surface area is 80.5 Å². The molecule has 0 aliphatic carbocycles. The molecule has 2 N–H and O–H groups in total. The molecule has 1 heterocycles. The fourth-order valence-corrected chi connectivity index (χ4v) is 1.37. The minimum Gasteiger partial charge on any atom is -0.387 e. The van der Waals surface area contributed by atoms with Gasteiger partial charge in [0.2, 0.25) is 0 Å². The van der Waals surface area contributed by atoms with Crippen LogP contribution in [0.4, 0.5) is 0 Å². The molecular formula is C8H10N2O2S. The standard InChI is InChI=1S/C8H10N2O2S/c11-5-8(12)10-13-6-7-1-3-9-4-2-7/h1-4,11H,5-6H2,(H,10,12). The lowest BCUT2D eigenvalue weighted by Crippen LogP contribution is -2.19. The zero-order valence-electron chi connectivity index (χ0n) is 6.93. The van der Waals surface area contributed by atoms with Gasteiger partial charge in [-0.2, -0.15) is 0 Å². The molecule has 1 aromatic rings. The van der Waals surface area contributed by atoms with E-state index in [4.69, 9.17) is 5.11 Å². The number of rotatable bonds is 4. The van der Waals surface area contributed by atoms with Gasteiger partial charge in [0.15, 0.2) is 0 Å². The average molecular weight is 198 g/mol. The molecule has 4 nitrogen and oxygen atoms in total.